The second-order valence-electron chi connectivity index (χ2n) is 4.85. The lowest BCUT2D eigenvalue weighted by atomic mass is 10.1. The van der Waals surface area contributed by atoms with E-state index in [4.69, 9.17) is 4.74 Å². The highest BCUT2D eigenvalue weighted by atomic mass is 16.5. The molecule has 0 spiro atoms. The third-order valence-corrected chi connectivity index (χ3v) is 3.14. The molecule has 1 aliphatic rings. The third-order valence-electron chi connectivity index (χ3n) is 3.14. The van der Waals surface area contributed by atoms with Gasteiger partial charge in [-0.05, 0) is 31.6 Å². The molecule has 0 bridgehead atoms. The Morgan fingerprint density at radius 1 is 1.41 bits per heavy atom. The minimum atomic E-state index is 0.555. The van der Waals surface area contributed by atoms with Crippen molar-refractivity contribution in [3.63, 3.8) is 0 Å². The Balaban J connectivity index is 1.91. The summed E-state index contributed by atoms with van der Waals surface area (Å²) in [7, 11) is 0. The summed E-state index contributed by atoms with van der Waals surface area (Å²) in [5.41, 5.74) is 0. The van der Waals surface area contributed by atoms with Gasteiger partial charge < -0.3 is 10.1 Å². The minimum absolute atomic E-state index is 0.555. The smallest absolute Gasteiger partial charge is 0.218 e. The van der Waals surface area contributed by atoms with Gasteiger partial charge in [0.25, 0.3) is 0 Å². The molecule has 1 heterocycles. The number of aromatic nitrogens is 2. The van der Waals surface area contributed by atoms with Crippen molar-refractivity contribution in [3.8, 4) is 5.88 Å². The van der Waals surface area contributed by atoms with Gasteiger partial charge in [0.15, 0.2) is 0 Å². The van der Waals surface area contributed by atoms with Crippen LogP contribution in [0.1, 0.15) is 39.5 Å². The normalized spacial score (nSPS) is 23.6. The van der Waals surface area contributed by atoms with Gasteiger partial charge in [-0.25, -0.2) is 9.97 Å². The van der Waals surface area contributed by atoms with Crippen LogP contribution in [0.4, 0.5) is 5.82 Å². The van der Waals surface area contributed by atoms with Crippen LogP contribution in [0.2, 0.25) is 0 Å². The number of anilines is 1. The molecular formula is C13H21N3O. The first kappa shape index (κ1) is 12.1. The number of nitrogens with one attached hydrogen (secondary N) is 1. The third kappa shape index (κ3) is 3.58. The van der Waals surface area contributed by atoms with Gasteiger partial charge in [0.1, 0.15) is 12.1 Å². The van der Waals surface area contributed by atoms with Crippen LogP contribution in [-0.2, 0) is 0 Å². The van der Waals surface area contributed by atoms with Crippen molar-refractivity contribution < 1.29 is 4.74 Å². The van der Waals surface area contributed by atoms with Crippen molar-refractivity contribution in [3.05, 3.63) is 12.4 Å². The predicted octanol–water partition coefficient (Wildman–Crippen LogP) is 2.87. The molecule has 17 heavy (non-hydrogen) atoms. The van der Waals surface area contributed by atoms with E-state index < -0.39 is 0 Å². The van der Waals surface area contributed by atoms with Gasteiger partial charge in [-0.2, -0.15) is 0 Å². The lowest BCUT2D eigenvalue weighted by molar-refractivity contribution is 0.305. The quantitative estimate of drug-likeness (QED) is 0.852. The molecule has 94 valence electrons. The Morgan fingerprint density at radius 3 is 3.00 bits per heavy atom. The number of rotatable bonds is 5. The van der Waals surface area contributed by atoms with Gasteiger partial charge in [-0.3, -0.25) is 0 Å². The summed E-state index contributed by atoms with van der Waals surface area (Å²) in [5.74, 6) is 2.37. The minimum Gasteiger partial charge on any atom is -0.478 e. The van der Waals surface area contributed by atoms with E-state index in [2.05, 4.69) is 29.1 Å². The van der Waals surface area contributed by atoms with Crippen molar-refractivity contribution >= 4 is 5.82 Å². The number of hydrogen-bond acceptors (Lipinski definition) is 4. The first-order chi connectivity index (χ1) is 8.28. The van der Waals surface area contributed by atoms with Gasteiger partial charge in [0.2, 0.25) is 5.88 Å². The summed E-state index contributed by atoms with van der Waals surface area (Å²) in [6.45, 7) is 5.09. The molecule has 4 nitrogen and oxygen atoms in total. The fraction of sp³-hybridized carbons (Fsp3) is 0.692. The zero-order valence-electron chi connectivity index (χ0n) is 10.6. The van der Waals surface area contributed by atoms with Gasteiger partial charge in [-0.1, -0.05) is 13.8 Å². The molecule has 1 fully saturated rings. The highest BCUT2D eigenvalue weighted by molar-refractivity contribution is 5.38. The Hall–Kier alpha value is -1.32. The topological polar surface area (TPSA) is 47.0 Å². The second-order valence-corrected chi connectivity index (χ2v) is 4.85. The van der Waals surface area contributed by atoms with E-state index in [1.54, 1.807) is 6.33 Å². The lowest BCUT2D eigenvalue weighted by Gasteiger charge is -2.13. The maximum atomic E-state index is 5.49. The van der Waals surface area contributed by atoms with Crippen molar-refractivity contribution in [1.82, 2.24) is 9.97 Å². The monoisotopic (exact) mass is 235 g/mol. The largest absolute Gasteiger partial charge is 0.478 e. The van der Waals surface area contributed by atoms with Crippen LogP contribution in [0, 0.1) is 5.92 Å². The molecule has 4 heteroatoms. The van der Waals surface area contributed by atoms with Gasteiger partial charge in [-0.15, -0.1) is 0 Å². The molecule has 0 amide bonds. The summed E-state index contributed by atoms with van der Waals surface area (Å²) in [5, 5.41) is 3.46. The van der Waals surface area contributed by atoms with Gasteiger partial charge in [0, 0.05) is 12.1 Å². The van der Waals surface area contributed by atoms with Crippen LogP contribution < -0.4 is 10.1 Å². The van der Waals surface area contributed by atoms with E-state index in [-0.39, 0.29) is 0 Å². The highest BCUT2D eigenvalue weighted by Crippen LogP contribution is 2.27. The molecular weight excluding hydrogens is 214 g/mol. The summed E-state index contributed by atoms with van der Waals surface area (Å²) in [6.07, 6.45) is 6.33. The maximum Gasteiger partial charge on any atom is 0.218 e. The van der Waals surface area contributed by atoms with E-state index in [1.807, 2.05) is 6.07 Å². The maximum absolute atomic E-state index is 5.49. The van der Waals surface area contributed by atoms with Crippen LogP contribution in [0.5, 0.6) is 5.88 Å². The molecule has 0 aliphatic heterocycles. The Kier molecular flexibility index (Phi) is 4.18. The van der Waals surface area contributed by atoms with Crippen LogP contribution >= 0.6 is 0 Å². The molecule has 0 radical (unpaired) electrons. The van der Waals surface area contributed by atoms with Crippen molar-refractivity contribution in [2.24, 2.45) is 5.92 Å². The van der Waals surface area contributed by atoms with Crippen LogP contribution in [0.15, 0.2) is 12.4 Å². The lowest BCUT2D eigenvalue weighted by Crippen LogP contribution is -2.16. The number of hydrogen-bond donors (Lipinski definition) is 1. The molecule has 0 aromatic carbocycles. The molecule has 0 saturated heterocycles. The first-order valence-electron chi connectivity index (χ1n) is 6.49. The summed E-state index contributed by atoms with van der Waals surface area (Å²) < 4.78 is 5.49. The van der Waals surface area contributed by atoms with Crippen molar-refractivity contribution in [2.75, 3.05) is 11.9 Å². The Morgan fingerprint density at radius 2 is 2.29 bits per heavy atom. The molecule has 2 unspecified atom stereocenters. The van der Waals surface area contributed by atoms with Gasteiger partial charge in [0.05, 0.1) is 6.61 Å². The second kappa shape index (κ2) is 5.84. The average molecular weight is 235 g/mol. The van der Waals surface area contributed by atoms with E-state index >= 15 is 0 Å². The number of ether oxygens (including phenoxy) is 1. The molecule has 2 atom stereocenters. The predicted molar refractivity (Wildman–Crippen MR) is 68.2 cm³/mol. The van der Waals surface area contributed by atoms with Gasteiger partial charge >= 0.3 is 0 Å². The van der Waals surface area contributed by atoms with E-state index in [1.165, 1.54) is 19.3 Å². The fourth-order valence-electron chi connectivity index (χ4n) is 2.25. The molecule has 1 aromatic rings. The number of nitrogens with zero attached hydrogens (tertiary/aromatic N) is 2. The van der Waals surface area contributed by atoms with Crippen molar-refractivity contribution in [2.45, 2.75) is 45.6 Å². The Labute approximate surface area is 103 Å². The van der Waals surface area contributed by atoms with Crippen molar-refractivity contribution in [1.29, 1.82) is 0 Å². The standard InChI is InChI=1S/C13H21N3O/c1-3-6-17-13-8-12(14-9-15-13)16-11-5-4-10(2)7-11/h8-11H,3-7H2,1-2H3,(H,14,15,16). The summed E-state index contributed by atoms with van der Waals surface area (Å²) in [4.78, 5) is 8.33. The molecule has 1 N–H and O–H groups in total. The fourth-order valence-corrected chi connectivity index (χ4v) is 2.25. The molecule has 1 aromatic heterocycles. The zero-order valence-corrected chi connectivity index (χ0v) is 10.6. The zero-order chi connectivity index (χ0) is 12.1. The van der Waals surface area contributed by atoms with E-state index in [0.717, 1.165) is 18.2 Å². The molecule has 2 rings (SSSR count). The van der Waals surface area contributed by atoms with Crippen LogP contribution in [0.3, 0.4) is 0 Å². The van der Waals surface area contributed by atoms with E-state index in [0.29, 0.717) is 18.5 Å². The highest BCUT2D eigenvalue weighted by Gasteiger charge is 2.21. The summed E-state index contributed by atoms with van der Waals surface area (Å²) >= 11 is 0. The first-order valence-corrected chi connectivity index (χ1v) is 6.49. The SMILES string of the molecule is CCCOc1cc(NC2CCC(C)C2)ncn1. The van der Waals surface area contributed by atoms with Crippen LogP contribution in [0.25, 0.3) is 0 Å². The molecule has 1 aliphatic carbocycles. The summed E-state index contributed by atoms with van der Waals surface area (Å²) in [6, 6.07) is 2.44. The Bertz CT molecular complexity index is 356. The average Bonchev–Trinajstić information content (AvgIpc) is 2.73. The van der Waals surface area contributed by atoms with Crippen LogP contribution in [-0.4, -0.2) is 22.6 Å². The molecule has 1 saturated carbocycles. The van der Waals surface area contributed by atoms with E-state index in [9.17, 15) is 0 Å².